The summed E-state index contributed by atoms with van der Waals surface area (Å²) in [5.74, 6) is 1.45. The number of rotatable bonds is 4. The highest BCUT2D eigenvalue weighted by Crippen LogP contribution is 2.34. The normalized spacial score (nSPS) is 16.7. The van der Waals surface area contributed by atoms with Gasteiger partial charge in [0, 0.05) is 30.7 Å². The molecule has 2 heterocycles. The van der Waals surface area contributed by atoms with E-state index in [-0.39, 0.29) is 18.7 Å². The first kappa shape index (κ1) is 21.0. The third-order valence-electron chi connectivity index (χ3n) is 6.07. The fourth-order valence-electron chi connectivity index (χ4n) is 4.13. The van der Waals surface area contributed by atoms with Gasteiger partial charge in [-0.3, -0.25) is 4.79 Å². The highest BCUT2D eigenvalue weighted by Gasteiger charge is 2.38. The van der Waals surface area contributed by atoms with Gasteiger partial charge in [0.05, 0.1) is 0 Å². The molecule has 4 rings (SSSR count). The minimum absolute atomic E-state index is 0.0135. The highest BCUT2D eigenvalue weighted by atomic mass is 16.7. The number of nitrogens with zero attached hydrogens (tertiary/aromatic N) is 1. The van der Waals surface area contributed by atoms with E-state index in [1.807, 2.05) is 51.1 Å². The molecular weight excluding hydrogens is 394 g/mol. The van der Waals surface area contributed by atoms with Crippen molar-refractivity contribution in [1.29, 1.82) is 0 Å². The van der Waals surface area contributed by atoms with Gasteiger partial charge in [-0.2, -0.15) is 0 Å². The van der Waals surface area contributed by atoms with Crippen LogP contribution in [0.2, 0.25) is 0 Å². The molecule has 164 valence electrons. The molecule has 1 saturated heterocycles. The number of amides is 3. The molecule has 0 saturated carbocycles. The molecule has 1 fully saturated rings. The Balaban J connectivity index is 1.29. The predicted molar refractivity (Wildman–Crippen MR) is 118 cm³/mol. The lowest BCUT2D eigenvalue weighted by molar-refractivity contribution is -0.132. The van der Waals surface area contributed by atoms with Crippen LogP contribution in [-0.2, 0) is 11.3 Å². The number of fused-ring (bicyclic) bond motifs is 1. The van der Waals surface area contributed by atoms with E-state index >= 15 is 0 Å². The first-order valence-corrected chi connectivity index (χ1v) is 10.6. The van der Waals surface area contributed by atoms with Crippen molar-refractivity contribution in [3.05, 3.63) is 53.1 Å². The van der Waals surface area contributed by atoms with Crippen LogP contribution in [0.1, 0.15) is 36.5 Å². The fraction of sp³-hybridized carbons (Fsp3) is 0.417. The lowest BCUT2D eigenvalue weighted by Gasteiger charge is -2.38. The number of benzene rings is 2. The minimum Gasteiger partial charge on any atom is -0.454 e. The van der Waals surface area contributed by atoms with Crippen molar-refractivity contribution in [2.45, 2.75) is 40.2 Å². The molecule has 31 heavy (non-hydrogen) atoms. The van der Waals surface area contributed by atoms with Crippen molar-refractivity contribution in [2.24, 2.45) is 5.41 Å². The maximum Gasteiger partial charge on any atom is 0.321 e. The number of ether oxygens (including phenoxy) is 2. The van der Waals surface area contributed by atoms with Gasteiger partial charge in [-0.25, -0.2) is 4.79 Å². The van der Waals surface area contributed by atoms with Gasteiger partial charge in [-0.05, 0) is 67.6 Å². The molecular formula is C24H29N3O4. The topological polar surface area (TPSA) is 79.9 Å². The van der Waals surface area contributed by atoms with Crippen molar-refractivity contribution < 1.29 is 19.1 Å². The Hall–Kier alpha value is -3.22. The van der Waals surface area contributed by atoms with Gasteiger partial charge in [-0.1, -0.05) is 19.1 Å². The summed E-state index contributed by atoms with van der Waals surface area (Å²) < 4.78 is 10.7. The standard InChI is InChI=1S/C24H29N3O4/c1-16-10-17(2)12-19(11-16)26-23(29)27-8-6-24(3,7-9-27)22(28)25-14-18-4-5-20-21(13-18)31-15-30-20/h4-5,10-13H,6-9,14-15H2,1-3H3,(H,25,28)(H,26,29). The molecule has 2 N–H and O–H groups in total. The smallest absolute Gasteiger partial charge is 0.321 e. The lowest BCUT2D eigenvalue weighted by Crippen LogP contribution is -2.49. The first-order chi connectivity index (χ1) is 14.8. The Morgan fingerprint density at radius 3 is 2.39 bits per heavy atom. The van der Waals surface area contributed by atoms with Crippen LogP contribution >= 0.6 is 0 Å². The van der Waals surface area contributed by atoms with Crippen LogP contribution in [0.4, 0.5) is 10.5 Å². The van der Waals surface area contributed by atoms with Gasteiger partial charge >= 0.3 is 6.03 Å². The fourth-order valence-corrected chi connectivity index (χ4v) is 4.13. The number of aryl methyl sites for hydroxylation is 2. The van der Waals surface area contributed by atoms with Gasteiger partial charge in [0.1, 0.15) is 0 Å². The number of nitrogens with one attached hydrogen (secondary N) is 2. The van der Waals surface area contributed by atoms with Gasteiger partial charge in [-0.15, -0.1) is 0 Å². The summed E-state index contributed by atoms with van der Waals surface area (Å²) in [6.45, 7) is 7.75. The molecule has 0 spiro atoms. The lowest BCUT2D eigenvalue weighted by atomic mass is 9.79. The van der Waals surface area contributed by atoms with E-state index in [1.165, 1.54) is 0 Å². The molecule has 0 aliphatic carbocycles. The molecule has 0 bridgehead atoms. The van der Waals surface area contributed by atoms with Gasteiger partial charge in [0.15, 0.2) is 11.5 Å². The van der Waals surface area contributed by atoms with Gasteiger partial charge < -0.3 is 25.0 Å². The number of anilines is 1. The summed E-state index contributed by atoms with van der Waals surface area (Å²) in [6.07, 6.45) is 1.25. The zero-order valence-electron chi connectivity index (χ0n) is 18.3. The Morgan fingerprint density at radius 2 is 1.68 bits per heavy atom. The van der Waals surface area contributed by atoms with E-state index in [1.54, 1.807) is 4.90 Å². The summed E-state index contributed by atoms with van der Waals surface area (Å²) >= 11 is 0. The zero-order chi connectivity index (χ0) is 22.0. The summed E-state index contributed by atoms with van der Waals surface area (Å²) in [4.78, 5) is 27.3. The van der Waals surface area contributed by atoms with Crippen molar-refractivity contribution in [1.82, 2.24) is 10.2 Å². The van der Waals surface area contributed by atoms with Crippen LogP contribution < -0.4 is 20.1 Å². The maximum atomic E-state index is 12.9. The predicted octanol–water partition coefficient (Wildman–Crippen LogP) is 3.98. The van der Waals surface area contributed by atoms with Crippen LogP contribution in [0.3, 0.4) is 0 Å². The van der Waals surface area contributed by atoms with Gasteiger partial charge in [0.2, 0.25) is 12.7 Å². The van der Waals surface area contributed by atoms with Crippen molar-refractivity contribution in [2.75, 3.05) is 25.2 Å². The van der Waals surface area contributed by atoms with E-state index < -0.39 is 5.41 Å². The van der Waals surface area contributed by atoms with E-state index in [0.29, 0.717) is 38.2 Å². The molecule has 0 radical (unpaired) electrons. The van der Waals surface area contributed by atoms with Crippen molar-refractivity contribution in [3.63, 3.8) is 0 Å². The molecule has 2 aliphatic rings. The molecule has 7 nitrogen and oxygen atoms in total. The Labute approximate surface area is 182 Å². The maximum absolute atomic E-state index is 12.9. The molecule has 2 aromatic carbocycles. The molecule has 3 amide bonds. The Morgan fingerprint density at radius 1 is 1.00 bits per heavy atom. The number of hydrogen-bond acceptors (Lipinski definition) is 4. The van der Waals surface area contributed by atoms with Crippen molar-refractivity contribution >= 4 is 17.6 Å². The van der Waals surface area contributed by atoms with Crippen LogP contribution in [0, 0.1) is 19.3 Å². The largest absolute Gasteiger partial charge is 0.454 e. The molecule has 0 aromatic heterocycles. The van der Waals surface area contributed by atoms with Crippen LogP contribution in [0.15, 0.2) is 36.4 Å². The third kappa shape index (κ3) is 4.76. The second-order valence-electron chi connectivity index (χ2n) is 8.72. The number of piperidine rings is 1. The number of hydrogen-bond donors (Lipinski definition) is 2. The van der Waals surface area contributed by atoms with E-state index in [4.69, 9.17) is 9.47 Å². The number of urea groups is 1. The molecule has 7 heteroatoms. The molecule has 2 aliphatic heterocycles. The van der Waals surface area contributed by atoms with Crippen LogP contribution in [0.5, 0.6) is 11.5 Å². The number of carbonyl (C=O) groups is 2. The summed E-state index contributed by atoms with van der Waals surface area (Å²) in [5, 5.41) is 6.02. The second kappa shape index (κ2) is 8.49. The SMILES string of the molecule is Cc1cc(C)cc(NC(=O)N2CCC(C)(C(=O)NCc3ccc4c(c3)OCO4)CC2)c1. The third-order valence-corrected chi connectivity index (χ3v) is 6.07. The van der Waals surface area contributed by atoms with Gasteiger partial charge in [0.25, 0.3) is 0 Å². The summed E-state index contributed by atoms with van der Waals surface area (Å²) in [5.41, 5.74) is 3.50. The van der Waals surface area contributed by atoms with E-state index in [9.17, 15) is 9.59 Å². The average molecular weight is 424 g/mol. The number of likely N-dealkylation sites (tertiary alicyclic amines) is 1. The number of carbonyl (C=O) groups excluding carboxylic acids is 2. The molecule has 0 unspecified atom stereocenters. The minimum atomic E-state index is -0.493. The monoisotopic (exact) mass is 423 g/mol. The first-order valence-electron chi connectivity index (χ1n) is 10.6. The summed E-state index contributed by atoms with van der Waals surface area (Å²) in [6, 6.07) is 11.6. The molecule has 2 aromatic rings. The van der Waals surface area contributed by atoms with E-state index in [0.717, 1.165) is 28.1 Å². The second-order valence-corrected chi connectivity index (χ2v) is 8.72. The van der Waals surface area contributed by atoms with Crippen molar-refractivity contribution in [3.8, 4) is 11.5 Å². The summed E-state index contributed by atoms with van der Waals surface area (Å²) in [7, 11) is 0. The quantitative estimate of drug-likeness (QED) is 0.780. The molecule has 0 atom stereocenters. The average Bonchev–Trinajstić information content (AvgIpc) is 3.19. The van der Waals surface area contributed by atoms with Crippen LogP contribution in [-0.4, -0.2) is 36.7 Å². The van der Waals surface area contributed by atoms with E-state index in [2.05, 4.69) is 16.7 Å². The Bertz CT molecular complexity index is 976. The highest BCUT2D eigenvalue weighted by molar-refractivity contribution is 5.90. The van der Waals surface area contributed by atoms with Crippen LogP contribution in [0.25, 0.3) is 0 Å². The zero-order valence-corrected chi connectivity index (χ0v) is 18.3. The Kier molecular flexibility index (Phi) is 5.76.